The second-order valence-electron chi connectivity index (χ2n) is 5.32. The third kappa shape index (κ3) is 4.83. The molecular weight excluding hydrogens is 394 g/mol. The summed E-state index contributed by atoms with van der Waals surface area (Å²) >= 11 is 7.14. The van der Waals surface area contributed by atoms with E-state index in [9.17, 15) is 0 Å². The van der Waals surface area contributed by atoms with Gasteiger partial charge in [-0.3, -0.25) is 0 Å². The first-order valence-electron chi connectivity index (χ1n) is 6.91. The number of hydrogen-bond acceptors (Lipinski definition) is 2. The second kappa shape index (κ2) is 7.43. The van der Waals surface area contributed by atoms with Crippen LogP contribution in [-0.4, -0.2) is 6.04 Å². The van der Waals surface area contributed by atoms with E-state index in [2.05, 4.69) is 64.0 Å². The van der Waals surface area contributed by atoms with Crippen LogP contribution >= 0.6 is 31.9 Å². The summed E-state index contributed by atoms with van der Waals surface area (Å²) in [5, 5.41) is 3.41. The molecule has 2 nitrogen and oxygen atoms in total. The second-order valence-corrected chi connectivity index (χ2v) is 7.03. The van der Waals surface area contributed by atoms with Gasteiger partial charge < -0.3 is 10.1 Å². The predicted molar refractivity (Wildman–Crippen MR) is 95.1 cm³/mol. The van der Waals surface area contributed by atoms with Crippen LogP contribution in [0.25, 0.3) is 0 Å². The lowest BCUT2D eigenvalue weighted by Crippen LogP contribution is -2.21. The molecule has 0 heterocycles. The van der Waals surface area contributed by atoms with Crippen LogP contribution < -0.4 is 10.1 Å². The maximum atomic E-state index is 5.93. The van der Waals surface area contributed by atoms with E-state index in [0.717, 1.165) is 27.0 Å². The topological polar surface area (TPSA) is 21.3 Å². The van der Waals surface area contributed by atoms with Gasteiger partial charge in [0, 0.05) is 17.1 Å². The molecule has 4 heteroatoms. The molecule has 2 rings (SSSR count). The summed E-state index contributed by atoms with van der Waals surface area (Å²) in [6, 6.07) is 12.6. The van der Waals surface area contributed by atoms with Crippen molar-refractivity contribution in [2.24, 2.45) is 0 Å². The first-order chi connectivity index (χ1) is 9.95. The number of ether oxygens (including phenoxy) is 1. The van der Waals surface area contributed by atoms with Gasteiger partial charge in [-0.25, -0.2) is 0 Å². The van der Waals surface area contributed by atoms with Crippen molar-refractivity contribution in [3.63, 3.8) is 0 Å². The van der Waals surface area contributed by atoms with E-state index in [1.54, 1.807) is 0 Å². The van der Waals surface area contributed by atoms with Crippen LogP contribution in [0.15, 0.2) is 45.3 Å². The van der Waals surface area contributed by atoms with E-state index in [4.69, 9.17) is 4.74 Å². The summed E-state index contributed by atoms with van der Waals surface area (Å²) in [6.07, 6.45) is 0. The highest BCUT2D eigenvalue weighted by Crippen LogP contribution is 2.32. The Hall–Kier alpha value is -0.840. The summed E-state index contributed by atoms with van der Waals surface area (Å²) in [7, 11) is 0. The van der Waals surface area contributed by atoms with Crippen molar-refractivity contribution in [2.75, 3.05) is 0 Å². The zero-order valence-electron chi connectivity index (χ0n) is 12.4. The molecule has 1 N–H and O–H groups in total. The average molecular weight is 413 g/mol. The number of nitrogens with one attached hydrogen (secondary N) is 1. The lowest BCUT2D eigenvalue weighted by atomic mass is 10.2. The molecule has 0 bridgehead atoms. The van der Waals surface area contributed by atoms with Gasteiger partial charge in [-0.15, -0.1) is 0 Å². The summed E-state index contributed by atoms with van der Waals surface area (Å²) in [6.45, 7) is 7.18. The fourth-order valence-electron chi connectivity index (χ4n) is 1.86. The molecule has 0 spiro atoms. The van der Waals surface area contributed by atoms with Gasteiger partial charge in [0.15, 0.2) is 0 Å². The molecule has 0 atom stereocenters. The molecule has 0 radical (unpaired) electrons. The molecular formula is C17H19Br2NO. The van der Waals surface area contributed by atoms with Crippen LogP contribution in [0.4, 0.5) is 0 Å². The number of benzene rings is 2. The molecule has 2 aromatic carbocycles. The molecule has 0 aromatic heterocycles. The largest absolute Gasteiger partial charge is 0.456 e. The van der Waals surface area contributed by atoms with Crippen LogP contribution in [0.2, 0.25) is 0 Å². The van der Waals surface area contributed by atoms with Crippen LogP contribution in [-0.2, 0) is 6.54 Å². The van der Waals surface area contributed by atoms with Crippen LogP contribution in [0.1, 0.15) is 25.0 Å². The van der Waals surface area contributed by atoms with E-state index < -0.39 is 0 Å². The van der Waals surface area contributed by atoms with Crippen molar-refractivity contribution < 1.29 is 4.74 Å². The smallest absolute Gasteiger partial charge is 0.141 e. The number of halogens is 2. The molecule has 0 saturated carbocycles. The fourth-order valence-corrected chi connectivity index (χ4v) is 2.94. The Bertz CT molecular complexity index is 626. The third-order valence-electron chi connectivity index (χ3n) is 3.04. The zero-order valence-corrected chi connectivity index (χ0v) is 15.6. The molecule has 0 aliphatic heterocycles. The zero-order chi connectivity index (χ0) is 15.4. The van der Waals surface area contributed by atoms with E-state index >= 15 is 0 Å². The molecule has 2 aromatic rings. The van der Waals surface area contributed by atoms with Crippen LogP contribution in [0.3, 0.4) is 0 Å². The van der Waals surface area contributed by atoms with E-state index in [0.29, 0.717) is 6.04 Å². The molecule has 21 heavy (non-hydrogen) atoms. The monoisotopic (exact) mass is 411 g/mol. The standard InChI is InChI=1S/C17H19Br2NO/c1-11(2)20-10-13-5-6-14(9-15(13)18)21-17-7-4-12(3)8-16(17)19/h4-9,11,20H,10H2,1-3H3. The van der Waals surface area contributed by atoms with Crippen molar-refractivity contribution in [3.05, 3.63) is 56.5 Å². The quantitative estimate of drug-likeness (QED) is 0.668. The minimum absolute atomic E-state index is 0.469. The predicted octanol–water partition coefficient (Wildman–Crippen LogP) is 5.81. The van der Waals surface area contributed by atoms with Crippen LogP contribution in [0, 0.1) is 6.92 Å². The van der Waals surface area contributed by atoms with E-state index in [1.807, 2.05) is 30.3 Å². The molecule has 0 unspecified atom stereocenters. The van der Waals surface area contributed by atoms with Gasteiger partial charge in [0.05, 0.1) is 4.47 Å². The van der Waals surface area contributed by atoms with Gasteiger partial charge >= 0.3 is 0 Å². The Morgan fingerprint density at radius 2 is 1.81 bits per heavy atom. The Balaban J connectivity index is 2.12. The van der Waals surface area contributed by atoms with Gasteiger partial charge in [0.2, 0.25) is 0 Å². The summed E-state index contributed by atoms with van der Waals surface area (Å²) < 4.78 is 7.94. The van der Waals surface area contributed by atoms with Crippen molar-refractivity contribution in [1.82, 2.24) is 5.32 Å². The fraction of sp³-hybridized carbons (Fsp3) is 0.294. The first kappa shape index (κ1) is 16.5. The van der Waals surface area contributed by atoms with E-state index in [1.165, 1.54) is 11.1 Å². The van der Waals surface area contributed by atoms with Crippen molar-refractivity contribution in [3.8, 4) is 11.5 Å². The van der Waals surface area contributed by atoms with Gasteiger partial charge in [-0.2, -0.15) is 0 Å². The maximum Gasteiger partial charge on any atom is 0.141 e. The van der Waals surface area contributed by atoms with Crippen molar-refractivity contribution in [1.29, 1.82) is 0 Å². The van der Waals surface area contributed by atoms with E-state index in [-0.39, 0.29) is 0 Å². The minimum Gasteiger partial charge on any atom is -0.456 e. The Morgan fingerprint density at radius 1 is 1.05 bits per heavy atom. The lowest BCUT2D eigenvalue weighted by Gasteiger charge is -2.12. The summed E-state index contributed by atoms with van der Waals surface area (Å²) in [5.41, 5.74) is 2.42. The molecule has 0 aliphatic rings. The van der Waals surface area contributed by atoms with Gasteiger partial charge in [0.1, 0.15) is 11.5 Å². The number of rotatable bonds is 5. The highest BCUT2D eigenvalue weighted by Gasteiger charge is 2.06. The highest BCUT2D eigenvalue weighted by atomic mass is 79.9. The number of hydrogen-bond donors (Lipinski definition) is 1. The summed E-state index contributed by atoms with van der Waals surface area (Å²) in [5.74, 6) is 1.64. The highest BCUT2D eigenvalue weighted by molar-refractivity contribution is 9.10. The molecule has 0 fully saturated rings. The Kier molecular flexibility index (Phi) is 5.85. The average Bonchev–Trinajstić information content (AvgIpc) is 2.41. The van der Waals surface area contributed by atoms with Gasteiger partial charge in [0.25, 0.3) is 0 Å². The molecule has 0 aliphatic carbocycles. The third-order valence-corrected chi connectivity index (χ3v) is 4.40. The molecule has 112 valence electrons. The van der Waals surface area contributed by atoms with Crippen molar-refractivity contribution >= 4 is 31.9 Å². The minimum atomic E-state index is 0.469. The van der Waals surface area contributed by atoms with Crippen LogP contribution in [0.5, 0.6) is 11.5 Å². The normalized spacial score (nSPS) is 11.0. The molecule has 0 amide bonds. The number of aryl methyl sites for hydroxylation is 1. The van der Waals surface area contributed by atoms with Gasteiger partial charge in [-0.05, 0) is 58.2 Å². The van der Waals surface area contributed by atoms with Crippen molar-refractivity contribution in [2.45, 2.75) is 33.4 Å². The Labute approximate surface area is 143 Å². The van der Waals surface area contributed by atoms with Gasteiger partial charge in [-0.1, -0.05) is 41.9 Å². The lowest BCUT2D eigenvalue weighted by molar-refractivity contribution is 0.478. The Morgan fingerprint density at radius 3 is 2.43 bits per heavy atom. The molecule has 0 saturated heterocycles. The summed E-state index contributed by atoms with van der Waals surface area (Å²) in [4.78, 5) is 0. The SMILES string of the molecule is Cc1ccc(Oc2ccc(CNC(C)C)c(Br)c2)c(Br)c1. The maximum absolute atomic E-state index is 5.93. The first-order valence-corrected chi connectivity index (χ1v) is 8.50.